The van der Waals surface area contributed by atoms with Gasteiger partial charge >= 0.3 is 0 Å². The van der Waals surface area contributed by atoms with E-state index in [9.17, 15) is 5.11 Å². The molecule has 2 fully saturated rings. The van der Waals surface area contributed by atoms with E-state index in [1.807, 2.05) is 0 Å². The van der Waals surface area contributed by atoms with E-state index in [4.69, 9.17) is 4.74 Å². The predicted molar refractivity (Wildman–Crippen MR) is 117 cm³/mol. The summed E-state index contributed by atoms with van der Waals surface area (Å²) >= 11 is 0. The van der Waals surface area contributed by atoms with Crippen LogP contribution in [0.1, 0.15) is 42.9 Å². The van der Waals surface area contributed by atoms with Crippen molar-refractivity contribution in [2.45, 2.75) is 43.9 Å². The number of piperazine rings is 1. The third-order valence-electron chi connectivity index (χ3n) is 6.30. The predicted octanol–water partition coefficient (Wildman–Crippen LogP) is 3.71. The molecule has 1 aliphatic carbocycles. The van der Waals surface area contributed by atoms with E-state index in [1.54, 1.807) is 0 Å². The van der Waals surface area contributed by atoms with Crippen molar-refractivity contribution < 1.29 is 9.84 Å². The van der Waals surface area contributed by atoms with Crippen molar-refractivity contribution >= 4 is 0 Å². The lowest BCUT2D eigenvalue weighted by atomic mass is 9.96. The molecule has 0 radical (unpaired) electrons. The number of hydrogen-bond donors (Lipinski definition) is 1. The van der Waals surface area contributed by atoms with Crippen molar-refractivity contribution in [3.8, 4) is 0 Å². The van der Waals surface area contributed by atoms with Crippen molar-refractivity contribution in [1.82, 2.24) is 9.80 Å². The minimum absolute atomic E-state index is 0.287. The average Bonchev–Trinajstić information content (AvgIpc) is 3.29. The van der Waals surface area contributed by atoms with Gasteiger partial charge in [-0.05, 0) is 24.0 Å². The SMILES string of the molecule is OC(COC1CCCC1)CN1CCN(C(c2ccccc2)c2ccccc2)CC1. The van der Waals surface area contributed by atoms with E-state index in [2.05, 4.69) is 70.5 Å². The van der Waals surface area contributed by atoms with Gasteiger partial charge < -0.3 is 9.84 Å². The van der Waals surface area contributed by atoms with Crippen LogP contribution < -0.4 is 0 Å². The van der Waals surface area contributed by atoms with Gasteiger partial charge in [0, 0.05) is 32.7 Å². The maximum atomic E-state index is 10.4. The molecule has 2 aromatic carbocycles. The Hall–Kier alpha value is -1.72. The molecule has 29 heavy (non-hydrogen) atoms. The molecule has 4 heteroatoms. The van der Waals surface area contributed by atoms with Crippen LogP contribution in [0, 0.1) is 0 Å². The zero-order chi connectivity index (χ0) is 19.9. The lowest BCUT2D eigenvalue weighted by Gasteiger charge is -2.40. The summed E-state index contributed by atoms with van der Waals surface area (Å²) in [7, 11) is 0. The number of hydrogen-bond acceptors (Lipinski definition) is 4. The third-order valence-corrected chi connectivity index (χ3v) is 6.30. The second-order valence-corrected chi connectivity index (χ2v) is 8.45. The summed E-state index contributed by atoms with van der Waals surface area (Å²) in [5.74, 6) is 0. The van der Waals surface area contributed by atoms with Gasteiger partial charge in [-0.1, -0.05) is 73.5 Å². The first-order valence-electron chi connectivity index (χ1n) is 11.2. The van der Waals surface area contributed by atoms with Gasteiger partial charge in [0.25, 0.3) is 0 Å². The molecule has 1 heterocycles. The highest BCUT2D eigenvalue weighted by atomic mass is 16.5. The largest absolute Gasteiger partial charge is 0.389 e. The maximum absolute atomic E-state index is 10.4. The number of nitrogens with zero attached hydrogens (tertiary/aromatic N) is 2. The number of ether oxygens (including phenoxy) is 1. The van der Waals surface area contributed by atoms with Gasteiger partial charge in [-0.15, -0.1) is 0 Å². The van der Waals surface area contributed by atoms with Crippen LogP contribution in [0.25, 0.3) is 0 Å². The molecule has 1 saturated heterocycles. The number of β-amino-alcohol motifs (C(OH)–C–C–N with tert-alkyl or cyclic N) is 1. The summed E-state index contributed by atoms with van der Waals surface area (Å²) in [6.07, 6.45) is 4.84. The van der Waals surface area contributed by atoms with Gasteiger partial charge in [-0.2, -0.15) is 0 Å². The molecule has 0 aromatic heterocycles. The molecule has 1 saturated carbocycles. The molecule has 1 aliphatic heterocycles. The summed E-state index contributed by atoms with van der Waals surface area (Å²) < 4.78 is 5.89. The topological polar surface area (TPSA) is 35.9 Å². The summed E-state index contributed by atoms with van der Waals surface area (Å²) in [6, 6.07) is 21.9. The quantitative estimate of drug-likeness (QED) is 0.740. The molecule has 1 atom stereocenters. The monoisotopic (exact) mass is 394 g/mol. The molecular formula is C25H34N2O2. The molecule has 4 nitrogen and oxygen atoms in total. The minimum atomic E-state index is -0.388. The van der Waals surface area contributed by atoms with Crippen LogP contribution in [-0.4, -0.2) is 66.4 Å². The molecule has 1 unspecified atom stereocenters. The number of rotatable bonds is 8. The zero-order valence-corrected chi connectivity index (χ0v) is 17.3. The number of aliphatic hydroxyl groups is 1. The van der Waals surface area contributed by atoms with Gasteiger partial charge in [0.15, 0.2) is 0 Å². The first-order chi connectivity index (χ1) is 14.3. The average molecular weight is 395 g/mol. The first-order valence-corrected chi connectivity index (χ1v) is 11.2. The standard InChI is InChI=1S/C25H34N2O2/c28-23(20-29-24-13-7-8-14-24)19-26-15-17-27(18-16-26)25(21-9-3-1-4-10-21)22-11-5-2-6-12-22/h1-6,9-12,23-25,28H,7-8,13-20H2. The highest BCUT2D eigenvalue weighted by Gasteiger charge is 2.27. The van der Waals surface area contributed by atoms with E-state index in [0.29, 0.717) is 19.3 Å². The Labute approximate surface area is 175 Å². The fourth-order valence-electron chi connectivity index (χ4n) is 4.74. The van der Waals surface area contributed by atoms with Crippen molar-refractivity contribution in [3.63, 3.8) is 0 Å². The van der Waals surface area contributed by atoms with Gasteiger partial charge in [0.1, 0.15) is 0 Å². The molecule has 0 bridgehead atoms. The minimum Gasteiger partial charge on any atom is -0.389 e. The first kappa shape index (κ1) is 20.5. The fourth-order valence-corrected chi connectivity index (χ4v) is 4.74. The van der Waals surface area contributed by atoms with E-state index < -0.39 is 0 Å². The highest BCUT2D eigenvalue weighted by Crippen LogP contribution is 2.29. The Morgan fingerprint density at radius 3 is 1.93 bits per heavy atom. The Bertz CT molecular complexity index is 671. The van der Waals surface area contributed by atoms with Crippen LogP contribution >= 0.6 is 0 Å². The molecule has 0 spiro atoms. The van der Waals surface area contributed by atoms with E-state index in [1.165, 1.54) is 24.0 Å². The van der Waals surface area contributed by atoms with Crippen LogP contribution in [-0.2, 0) is 4.74 Å². The van der Waals surface area contributed by atoms with E-state index >= 15 is 0 Å². The Morgan fingerprint density at radius 1 is 0.828 bits per heavy atom. The van der Waals surface area contributed by atoms with Crippen LogP contribution in [0.3, 0.4) is 0 Å². The van der Waals surface area contributed by atoms with E-state index in [0.717, 1.165) is 39.0 Å². The van der Waals surface area contributed by atoms with Crippen LogP contribution in [0.15, 0.2) is 60.7 Å². The zero-order valence-electron chi connectivity index (χ0n) is 17.3. The molecule has 1 N–H and O–H groups in total. The molecule has 4 rings (SSSR count). The molecule has 0 amide bonds. The number of benzene rings is 2. The summed E-state index contributed by atoms with van der Waals surface area (Å²) in [6.45, 7) is 5.16. The fraction of sp³-hybridized carbons (Fsp3) is 0.520. The lowest BCUT2D eigenvalue weighted by molar-refractivity contribution is -0.0245. The van der Waals surface area contributed by atoms with Crippen LogP contribution in [0.4, 0.5) is 0 Å². The van der Waals surface area contributed by atoms with Gasteiger partial charge in [0.2, 0.25) is 0 Å². The molecule has 2 aromatic rings. The van der Waals surface area contributed by atoms with Crippen molar-refractivity contribution in [1.29, 1.82) is 0 Å². The Balaban J connectivity index is 1.32. The van der Waals surface area contributed by atoms with Crippen LogP contribution in [0.2, 0.25) is 0 Å². The normalized spacial score (nSPS) is 20.3. The Kier molecular flexibility index (Phi) is 7.33. The maximum Gasteiger partial charge on any atom is 0.0900 e. The molecule has 156 valence electrons. The highest BCUT2D eigenvalue weighted by molar-refractivity contribution is 5.31. The van der Waals surface area contributed by atoms with Gasteiger partial charge in [-0.3, -0.25) is 9.80 Å². The van der Waals surface area contributed by atoms with Crippen molar-refractivity contribution in [2.75, 3.05) is 39.3 Å². The van der Waals surface area contributed by atoms with Crippen molar-refractivity contribution in [2.24, 2.45) is 0 Å². The van der Waals surface area contributed by atoms with Gasteiger partial charge in [-0.25, -0.2) is 0 Å². The summed E-state index contributed by atoms with van der Waals surface area (Å²) in [5.41, 5.74) is 2.69. The summed E-state index contributed by atoms with van der Waals surface area (Å²) in [4.78, 5) is 4.95. The molecule has 2 aliphatic rings. The van der Waals surface area contributed by atoms with Crippen molar-refractivity contribution in [3.05, 3.63) is 71.8 Å². The Morgan fingerprint density at radius 2 is 1.38 bits per heavy atom. The lowest BCUT2D eigenvalue weighted by Crippen LogP contribution is -2.50. The summed E-state index contributed by atoms with van der Waals surface area (Å²) in [5, 5.41) is 10.4. The van der Waals surface area contributed by atoms with Crippen LogP contribution in [0.5, 0.6) is 0 Å². The number of aliphatic hydroxyl groups excluding tert-OH is 1. The van der Waals surface area contributed by atoms with E-state index in [-0.39, 0.29) is 12.1 Å². The smallest absolute Gasteiger partial charge is 0.0900 e. The van der Waals surface area contributed by atoms with Gasteiger partial charge in [0.05, 0.1) is 24.9 Å². The third kappa shape index (κ3) is 5.67. The second-order valence-electron chi connectivity index (χ2n) is 8.45. The second kappa shape index (κ2) is 10.4. The molecular weight excluding hydrogens is 360 g/mol.